The van der Waals surface area contributed by atoms with Crippen molar-refractivity contribution in [2.75, 3.05) is 6.54 Å². The van der Waals surface area contributed by atoms with Gasteiger partial charge in [0.15, 0.2) is 0 Å². The van der Waals surface area contributed by atoms with Crippen molar-refractivity contribution in [3.8, 4) is 0 Å². The van der Waals surface area contributed by atoms with E-state index in [1.165, 1.54) is 5.56 Å². The molecule has 0 bridgehead atoms. The lowest BCUT2D eigenvalue weighted by Crippen LogP contribution is -2.40. The number of hydrogen-bond donors (Lipinski definition) is 2. The molecule has 3 N–H and O–H groups in total. The average Bonchev–Trinajstić information content (AvgIpc) is 2.17. The molecular weight excluding hydrogens is 208 g/mol. The maximum Gasteiger partial charge on any atom is 0.0406 e. The normalized spacial score (nSPS) is 11.7. The lowest BCUT2D eigenvalue weighted by atomic mass is 10.0. The van der Waals surface area contributed by atoms with Gasteiger partial charge in [0, 0.05) is 17.1 Å². The molecule has 0 heterocycles. The molecule has 1 aromatic rings. The molecular formula is C12H19ClN2. The third-order valence-corrected chi connectivity index (χ3v) is 2.71. The van der Waals surface area contributed by atoms with Gasteiger partial charge in [-0.3, -0.25) is 0 Å². The minimum Gasteiger partial charge on any atom is -0.330 e. The molecule has 0 saturated carbocycles. The van der Waals surface area contributed by atoms with E-state index >= 15 is 0 Å². The average molecular weight is 227 g/mol. The molecule has 1 aromatic carbocycles. The second-order valence-electron chi connectivity index (χ2n) is 4.40. The first-order valence-electron chi connectivity index (χ1n) is 5.23. The number of halogens is 1. The summed E-state index contributed by atoms with van der Waals surface area (Å²) in [7, 11) is 0. The lowest BCUT2D eigenvalue weighted by molar-refractivity contribution is 0.365. The smallest absolute Gasteiger partial charge is 0.0406 e. The van der Waals surface area contributed by atoms with Crippen molar-refractivity contribution in [2.24, 2.45) is 5.73 Å². The predicted octanol–water partition coefficient (Wildman–Crippen LogP) is 2.56. The monoisotopic (exact) mass is 226 g/mol. The van der Waals surface area contributed by atoms with Crippen LogP contribution in [0.15, 0.2) is 24.3 Å². The Morgan fingerprint density at radius 3 is 2.40 bits per heavy atom. The van der Waals surface area contributed by atoms with Crippen molar-refractivity contribution >= 4 is 11.6 Å². The van der Waals surface area contributed by atoms with Gasteiger partial charge in [0.25, 0.3) is 0 Å². The van der Waals surface area contributed by atoms with Crippen LogP contribution in [-0.4, -0.2) is 12.1 Å². The van der Waals surface area contributed by atoms with Crippen molar-refractivity contribution in [3.05, 3.63) is 34.9 Å². The highest BCUT2D eigenvalue weighted by Crippen LogP contribution is 2.12. The first-order chi connectivity index (χ1) is 7.03. The summed E-state index contributed by atoms with van der Waals surface area (Å²) >= 11 is 5.81. The van der Waals surface area contributed by atoms with Crippen LogP contribution >= 0.6 is 11.6 Å². The van der Waals surface area contributed by atoms with Gasteiger partial charge in [-0.25, -0.2) is 0 Å². The van der Waals surface area contributed by atoms with Gasteiger partial charge in [0.1, 0.15) is 0 Å². The van der Waals surface area contributed by atoms with Gasteiger partial charge in [-0.1, -0.05) is 23.7 Å². The van der Waals surface area contributed by atoms with Crippen LogP contribution in [0.1, 0.15) is 25.8 Å². The Kier molecular flexibility index (Phi) is 4.58. The van der Waals surface area contributed by atoms with Gasteiger partial charge >= 0.3 is 0 Å². The molecule has 2 nitrogen and oxygen atoms in total. The molecule has 0 amide bonds. The van der Waals surface area contributed by atoms with Crippen LogP contribution in [0.25, 0.3) is 0 Å². The van der Waals surface area contributed by atoms with E-state index in [0.29, 0.717) is 6.54 Å². The fourth-order valence-corrected chi connectivity index (χ4v) is 1.52. The third kappa shape index (κ3) is 4.65. The highest BCUT2D eigenvalue weighted by Gasteiger charge is 2.14. The van der Waals surface area contributed by atoms with Crippen molar-refractivity contribution in [2.45, 2.75) is 32.4 Å². The summed E-state index contributed by atoms with van der Waals surface area (Å²) in [6.45, 7) is 5.89. The Morgan fingerprint density at radius 2 is 1.87 bits per heavy atom. The van der Waals surface area contributed by atoms with E-state index in [-0.39, 0.29) is 5.54 Å². The van der Waals surface area contributed by atoms with Crippen molar-refractivity contribution in [1.82, 2.24) is 5.32 Å². The second kappa shape index (κ2) is 5.50. The van der Waals surface area contributed by atoms with E-state index in [1.807, 2.05) is 24.3 Å². The van der Waals surface area contributed by atoms with Crippen LogP contribution in [0.4, 0.5) is 0 Å². The Hall–Kier alpha value is -0.570. The lowest BCUT2D eigenvalue weighted by Gasteiger charge is -2.25. The summed E-state index contributed by atoms with van der Waals surface area (Å²) in [4.78, 5) is 0. The summed E-state index contributed by atoms with van der Waals surface area (Å²) in [6.07, 6.45) is 0.973. The molecule has 1 rings (SSSR count). The van der Waals surface area contributed by atoms with Gasteiger partial charge in [0.05, 0.1) is 0 Å². The molecule has 0 fully saturated rings. The topological polar surface area (TPSA) is 38.0 Å². The number of nitrogens with two attached hydrogens (primary N) is 1. The van der Waals surface area contributed by atoms with E-state index in [2.05, 4.69) is 19.2 Å². The van der Waals surface area contributed by atoms with Gasteiger partial charge < -0.3 is 11.1 Å². The SMILES string of the molecule is CC(C)(CCN)NCc1ccc(Cl)cc1. The second-order valence-corrected chi connectivity index (χ2v) is 4.84. The Morgan fingerprint density at radius 1 is 1.27 bits per heavy atom. The molecule has 84 valence electrons. The first-order valence-corrected chi connectivity index (χ1v) is 5.61. The quantitative estimate of drug-likeness (QED) is 0.810. The minimum absolute atomic E-state index is 0.0917. The third-order valence-electron chi connectivity index (χ3n) is 2.45. The molecule has 0 unspecified atom stereocenters. The van der Waals surface area contributed by atoms with Crippen molar-refractivity contribution in [3.63, 3.8) is 0 Å². The van der Waals surface area contributed by atoms with E-state index in [1.54, 1.807) is 0 Å². The van der Waals surface area contributed by atoms with Crippen LogP contribution in [0, 0.1) is 0 Å². The Bertz CT molecular complexity index is 293. The van der Waals surface area contributed by atoms with Crippen LogP contribution in [-0.2, 0) is 6.54 Å². The molecule has 0 saturated heterocycles. The fraction of sp³-hybridized carbons (Fsp3) is 0.500. The number of hydrogen-bond acceptors (Lipinski definition) is 2. The van der Waals surface area contributed by atoms with E-state index in [0.717, 1.165) is 18.0 Å². The van der Waals surface area contributed by atoms with Crippen molar-refractivity contribution < 1.29 is 0 Å². The number of benzene rings is 1. The van der Waals surface area contributed by atoms with Gasteiger partial charge in [-0.2, -0.15) is 0 Å². The summed E-state index contributed by atoms with van der Waals surface area (Å²) in [6, 6.07) is 7.89. The largest absolute Gasteiger partial charge is 0.330 e. The summed E-state index contributed by atoms with van der Waals surface area (Å²) < 4.78 is 0. The molecule has 0 aromatic heterocycles. The number of nitrogens with one attached hydrogen (secondary N) is 1. The summed E-state index contributed by atoms with van der Waals surface area (Å²) in [5.74, 6) is 0. The van der Waals surface area contributed by atoms with Crippen LogP contribution in [0.5, 0.6) is 0 Å². The standard InChI is InChI=1S/C12H19ClN2/c1-12(2,7-8-14)15-9-10-3-5-11(13)6-4-10/h3-6,15H,7-9,14H2,1-2H3. The number of rotatable bonds is 5. The molecule has 3 heteroatoms. The summed E-state index contributed by atoms with van der Waals surface area (Å²) in [5.41, 5.74) is 6.88. The molecule has 0 aliphatic heterocycles. The molecule has 0 radical (unpaired) electrons. The maximum absolute atomic E-state index is 5.81. The van der Waals surface area contributed by atoms with Crippen LogP contribution < -0.4 is 11.1 Å². The van der Waals surface area contributed by atoms with E-state index in [4.69, 9.17) is 17.3 Å². The maximum atomic E-state index is 5.81. The van der Waals surface area contributed by atoms with E-state index in [9.17, 15) is 0 Å². The molecule has 0 aliphatic carbocycles. The first kappa shape index (κ1) is 12.5. The van der Waals surface area contributed by atoms with Gasteiger partial charge in [-0.15, -0.1) is 0 Å². The van der Waals surface area contributed by atoms with E-state index < -0.39 is 0 Å². The molecule has 0 atom stereocenters. The van der Waals surface area contributed by atoms with Gasteiger partial charge in [-0.05, 0) is 44.5 Å². The summed E-state index contributed by atoms with van der Waals surface area (Å²) in [5, 5.41) is 4.25. The minimum atomic E-state index is 0.0917. The molecule has 0 aliphatic rings. The Labute approximate surface area is 96.8 Å². The zero-order valence-corrected chi connectivity index (χ0v) is 10.1. The van der Waals surface area contributed by atoms with Crippen molar-refractivity contribution in [1.29, 1.82) is 0 Å². The van der Waals surface area contributed by atoms with Gasteiger partial charge in [0.2, 0.25) is 0 Å². The highest BCUT2D eigenvalue weighted by atomic mass is 35.5. The zero-order valence-electron chi connectivity index (χ0n) is 9.39. The Balaban J connectivity index is 2.46. The van der Waals surface area contributed by atoms with Crippen LogP contribution in [0.2, 0.25) is 5.02 Å². The predicted molar refractivity (Wildman–Crippen MR) is 66.0 cm³/mol. The van der Waals surface area contributed by atoms with Crippen LogP contribution in [0.3, 0.4) is 0 Å². The highest BCUT2D eigenvalue weighted by molar-refractivity contribution is 6.30. The fourth-order valence-electron chi connectivity index (χ4n) is 1.39. The zero-order chi connectivity index (χ0) is 11.3. The molecule has 15 heavy (non-hydrogen) atoms. The molecule has 0 spiro atoms.